The van der Waals surface area contributed by atoms with Gasteiger partial charge in [0.15, 0.2) is 0 Å². The van der Waals surface area contributed by atoms with E-state index in [1.165, 1.54) is 7.11 Å². The fraction of sp³-hybridized carbons (Fsp3) is 0.579. The Morgan fingerprint density at radius 2 is 2.19 bits per heavy atom. The summed E-state index contributed by atoms with van der Waals surface area (Å²) in [5.74, 6) is 6.31. The van der Waals surface area contributed by atoms with Crippen molar-refractivity contribution in [3.63, 3.8) is 0 Å². The highest BCUT2D eigenvalue weighted by Crippen LogP contribution is 2.37. The molecule has 2 rings (SSSR count). The lowest BCUT2D eigenvalue weighted by molar-refractivity contribution is 0.136. The summed E-state index contributed by atoms with van der Waals surface area (Å²) >= 11 is 0. The second-order valence-electron chi connectivity index (χ2n) is 7.08. The number of ether oxygens (including phenoxy) is 1. The van der Waals surface area contributed by atoms with Crippen LogP contribution in [0.2, 0.25) is 0 Å². The molecule has 3 unspecified atom stereocenters. The summed E-state index contributed by atoms with van der Waals surface area (Å²) in [5.41, 5.74) is 8.14. The third-order valence-corrected chi connectivity index (χ3v) is 5.00. The summed E-state index contributed by atoms with van der Waals surface area (Å²) in [4.78, 5) is 18.3. The Balaban J connectivity index is 2.38. The minimum atomic E-state index is -0.469. The fourth-order valence-electron chi connectivity index (χ4n) is 3.64. The van der Waals surface area contributed by atoms with Crippen molar-refractivity contribution in [1.82, 2.24) is 10.3 Å². The van der Waals surface area contributed by atoms with Crippen LogP contribution in [0.4, 0.5) is 16.2 Å². The molecule has 3 atom stereocenters. The van der Waals surface area contributed by atoms with E-state index in [1.54, 1.807) is 12.4 Å². The Hall–Kier alpha value is -2.46. The first-order valence-electron chi connectivity index (χ1n) is 8.74. The number of carbonyl (C=O) groups excluding carboxylic acids is 1. The molecule has 1 aromatic rings. The average Bonchev–Trinajstić information content (AvgIpc) is 2.62. The number of nitrogens with one attached hydrogen (secondary N) is 2. The van der Waals surface area contributed by atoms with Crippen LogP contribution in [-0.4, -0.2) is 50.4 Å². The number of hydrogen-bond donors (Lipinski definition) is 3. The quantitative estimate of drug-likeness (QED) is 0.708. The Bertz CT molecular complexity index is 695. The first-order valence-corrected chi connectivity index (χ1v) is 8.74. The Morgan fingerprint density at radius 3 is 2.81 bits per heavy atom. The van der Waals surface area contributed by atoms with E-state index in [1.807, 2.05) is 20.0 Å². The summed E-state index contributed by atoms with van der Waals surface area (Å²) < 4.78 is 4.80. The molecule has 4 N–H and O–H groups in total. The van der Waals surface area contributed by atoms with Gasteiger partial charge in [0, 0.05) is 43.7 Å². The van der Waals surface area contributed by atoms with E-state index < -0.39 is 6.09 Å². The van der Waals surface area contributed by atoms with Gasteiger partial charge in [0.05, 0.1) is 30.7 Å². The molecule has 1 aromatic heterocycles. The van der Waals surface area contributed by atoms with Gasteiger partial charge in [-0.05, 0) is 26.8 Å². The van der Waals surface area contributed by atoms with E-state index in [4.69, 9.17) is 10.5 Å². The van der Waals surface area contributed by atoms with Crippen molar-refractivity contribution in [1.29, 1.82) is 0 Å². The molecule has 1 aliphatic rings. The third kappa shape index (κ3) is 4.20. The molecule has 0 bridgehead atoms. The van der Waals surface area contributed by atoms with E-state index in [-0.39, 0.29) is 23.4 Å². The molecule has 7 heteroatoms. The van der Waals surface area contributed by atoms with Crippen molar-refractivity contribution in [2.75, 3.05) is 37.5 Å². The Kier molecular flexibility index (Phi) is 6.32. The maximum atomic E-state index is 11.9. The number of nitrogens with two attached hydrogens (primary N) is 1. The van der Waals surface area contributed by atoms with Crippen molar-refractivity contribution in [2.45, 2.75) is 32.9 Å². The number of carbonyl (C=O) groups is 1. The number of rotatable bonds is 4. The number of alkyl carbamates (subject to hydrolysis) is 1. The first-order chi connectivity index (χ1) is 12.3. The summed E-state index contributed by atoms with van der Waals surface area (Å²) in [6, 6.07) is 1.49. The van der Waals surface area contributed by atoms with Gasteiger partial charge in [-0.25, -0.2) is 4.79 Å². The van der Waals surface area contributed by atoms with Crippen LogP contribution in [0.15, 0.2) is 18.5 Å². The van der Waals surface area contributed by atoms with E-state index in [9.17, 15) is 4.79 Å². The van der Waals surface area contributed by atoms with Crippen molar-refractivity contribution < 1.29 is 9.53 Å². The maximum absolute atomic E-state index is 11.9. The summed E-state index contributed by atoms with van der Waals surface area (Å²) in [6.07, 6.45) is 3.10. The minimum absolute atomic E-state index is 0.0238. The molecule has 26 heavy (non-hydrogen) atoms. The predicted molar refractivity (Wildman–Crippen MR) is 104 cm³/mol. The second-order valence-corrected chi connectivity index (χ2v) is 7.08. The number of methoxy groups -OCH3 is 1. The van der Waals surface area contributed by atoms with Crippen molar-refractivity contribution >= 4 is 17.5 Å². The van der Waals surface area contributed by atoms with E-state index >= 15 is 0 Å². The zero-order chi connectivity index (χ0) is 19.3. The van der Waals surface area contributed by atoms with Crippen molar-refractivity contribution in [2.24, 2.45) is 17.1 Å². The fourth-order valence-corrected chi connectivity index (χ4v) is 3.64. The molecular formula is C19H29N5O2. The predicted octanol–water partition coefficient (Wildman–Crippen LogP) is 1.66. The Morgan fingerprint density at radius 1 is 1.46 bits per heavy atom. The highest BCUT2D eigenvalue weighted by atomic mass is 16.5. The molecule has 0 aromatic carbocycles. The number of piperidine rings is 1. The summed E-state index contributed by atoms with van der Waals surface area (Å²) in [6.45, 7) is 7.32. The van der Waals surface area contributed by atoms with Crippen LogP contribution >= 0.6 is 0 Å². The van der Waals surface area contributed by atoms with Gasteiger partial charge in [0.2, 0.25) is 0 Å². The van der Waals surface area contributed by atoms with Gasteiger partial charge in [-0.15, -0.1) is 5.92 Å². The normalized spacial score (nSPS) is 22.8. The van der Waals surface area contributed by atoms with Gasteiger partial charge >= 0.3 is 6.09 Å². The SMILES string of the molecule is CC#CC(C)(C)C1CN(c2ccncc2NC)CC(N)C1NC(=O)OC. The highest BCUT2D eigenvalue weighted by Gasteiger charge is 2.44. The van der Waals surface area contributed by atoms with Crippen LogP contribution in [0.5, 0.6) is 0 Å². The van der Waals surface area contributed by atoms with Crippen molar-refractivity contribution in [3.05, 3.63) is 18.5 Å². The van der Waals surface area contributed by atoms with Crippen LogP contribution in [0.3, 0.4) is 0 Å². The number of anilines is 2. The molecule has 7 nitrogen and oxygen atoms in total. The number of hydrogen-bond acceptors (Lipinski definition) is 6. The van der Waals surface area contributed by atoms with Gasteiger partial charge in [-0.1, -0.05) is 5.92 Å². The lowest BCUT2D eigenvalue weighted by Gasteiger charge is -2.48. The molecule has 0 aliphatic carbocycles. The van der Waals surface area contributed by atoms with Crippen LogP contribution < -0.4 is 21.3 Å². The number of amides is 1. The molecule has 1 aliphatic heterocycles. The Labute approximate surface area is 155 Å². The smallest absolute Gasteiger partial charge is 0.407 e. The molecule has 0 spiro atoms. The van der Waals surface area contributed by atoms with Gasteiger partial charge in [0.25, 0.3) is 0 Å². The number of nitrogens with zero attached hydrogens (tertiary/aromatic N) is 2. The standard InChI is InChI=1S/C19H29N5O2/c1-6-8-19(2,3)13-11-24(16-7-9-22-10-15(16)21-4)12-14(20)17(13)23-18(25)26-5/h7,9-10,13-14,17,21H,11-12,20H2,1-5H3,(H,23,25). The number of aromatic nitrogens is 1. The van der Waals surface area contributed by atoms with Gasteiger partial charge in [-0.2, -0.15) is 0 Å². The molecular weight excluding hydrogens is 330 g/mol. The molecule has 2 heterocycles. The zero-order valence-electron chi connectivity index (χ0n) is 16.2. The van der Waals surface area contributed by atoms with Crippen LogP contribution in [0.1, 0.15) is 20.8 Å². The molecule has 1 amide bonds. The van der Waals surface area contributed by atoms with E-state index in [0.29, 0.717) is 13.1 Å². The van der Waals surface area contributed by atoms with Crippen LogP contribution in [-0.2, 0) is 4.74 Å². The zero-order valence-corrected chi connectivity index (χ0v) is 16.2. The molecule has 0 saturated carbocycles. The van der Waals surface area contributed by atoms with Crippen LogP contribution in [0.25, 0.3) is 0 Å². The molecule has 0 radical (unpaired) electrons. The van der Waals surface area contributed by atoms with Gasteiger partial charge in [0.1, 0.15) is 0 Å². The average molecular weight is 359 g/mol. The summed E-state index contributed by atoms with van der Waals surface area (Å²) in [5, 5.41) is 6.10. The first kappa shape index (κ1) is 19.9. The molecule has 142 valence electrons. The number of pyridine rings is 1. The monoisotopic (exact) mass is 359 g/mol. The largest absolute Gasteiger partial charge is 0.453 e. The van der Waals surface area contributed by atoms with Gasteiger partial charge < -0.3 is 26.0 Å². The van der Waals surface area contributed by atoms with Crippen molar-refractivity contribution in [3.8, 4) is 11.8 Å². The highest BCUT2D eigenvalue weighted by molar-refractivity contribution is 5.70. The van der Waals surface area contributed by atoms with Crippen LogP contribution in [0, 0.1) is 23.2 Å². The third-order valence-electron chi connectivity index (χ3n) is 5.00. The topological polar surface area (TPSA) is 92.5 Å². The lowest BCUT2D eigenvalue weighted by atomic mass is 9.71. The molecule has 1 fully saturated rings. The minimum Gasteiger partial charge on any atom is -0.453 e. The van der Waals surface area contributed by atoms with E-state index in [0.717, 1.165) is 11.4 Å². The maximum Gasteiger partial charge on any atom is 0.407 e. The summed E-state index contributed by atoms with van der Waals surface area (Å²) in [7, 11) is 3.23. The van der Waals surface area contributed by atoms with E-state index in [2.05, 4.69) is 46.2 Å². The lowest BCUT2D eigenvalue weighted by Crippen LogP contribution is -2.65. The van der Waals surface area contributed by atoms with Gasteiger partial charge in [-0.3, -0.25) is 4.98 Å². The second kappa shape index (κ2) is 8.28. The molecule has 1 saturated heterocycles.